The van der Waals surface area contributed by atoms with Gasteiger partial charge in [0.2, 0.25) is 0 Å². The number of aromatic nitrogens is 3. The molecule has 6 nitrogen and oxygen atoms in total. The van der Waals surface area contributed by atoms with Crippen molar-refractivity contribution in [3.05, 3.63) is 46.8 Å². The first-order valence-electron chi connectivity index (χ1n) is 8.63. The lowest BCUT2D eigenvalue weighted by Gasteiger charge is -2.34. The summed E-state index contributed by atoms with van der Waals surface area (Å²) in [6.07, 6.45) is 2.71. The Balaban J connectivity index is 1.87. The Morgan fingerprint density at radius 3 is 2.88 bits per heavy atom. The SMILES string of the molecule is CC(C)c1n[nH]c([C@@H]2CCCCN2C(=O)c2ccc(CO)c(F)c2)n1. The molecule has 134 valence electrons. The summed E-state index contributed by atoms with van der Waals surface area (Å²) in [4.78, 5) is 19.2. The number of aliphatic hydroxyl groups is 1. The van der Waals surface area contributed by atoms with E-state index in [4.69, 9.17) is 5.11 Å². The molecule has 1 aromatic heterocycles. The van der Waals surface area contributed by atoms with Crippen LogP contribution in [0.3, 0.4) is 0 Å². The Labute approximate surface area is 146 Å². The van der Waals surface area contributed by atoms with E-state index in [-0.39, 0.29) is 35.6 Å². The molecule has 1 aromatic carbocycles. The summed E-state index contributed by atoms with van der Waals surface area (Å²) in [6, 6.07) is 4.02. The molecule has 0 spiro atoms. The van der Waals surface area contributed by atoms with Crippen molar-refractivity contribution in [3.8, 4) is 0 Å². The van der Waals surface area contributed by atoms with Crippen LogP contribution in [0.5, 0.6) is 0 Å². The Morgan fingerprint density at radius 1 is 1.44 bits per heavy atom. The van der Waals surface area contributed by atoms with Crippen LogP contribution in [-0.4, -0.2) is 37.6 Å². The molecular formula is C18H23FN4O2. The number of aromatic amines is 1. The number of H-pyrrole nitrogens is 1. The van der Waals surface area contributed by atoms with Crippen molar-refractivity contribution in [2.45, 2.75) is 51.7 Å². The maximum Gasteiger partial charge on any atom is 0.254 e. The van der Waals surface area contributed by atoms with Crippen LogP contribution in [0.4, 0.5) is 4.39 Å². The van der Waals surface area contributed by atoms with E-state index in [9.17, 15) is 9.18 Å². The Kier molecular flexibility index (Phi) is 5.13. The number of amides is 1. The molecule has 0 bridgehead atoms. The van der Waals surface area contributed by atoms with Gasteiger partial charge in [0.15, 0.2) is 5.82 Å². The van der Waals surface area contributed by atoms with E-state index in [0.29, 0.717) is 12.4 Å². The van der Waals surface area contributed by atoms with E-state index in [0.717, 1.165) is 25.1 Å². The Hall–Kier alpha value is -2.28. The number of rotatable bonds is 4. The summed E-state index contributed by atoms with van der Waals surface area (Å²) >= 11 is 0. The molecule has 0 radical (unpaired) electrons. The van der Waals surface area contributed by atoms with Gasteiger partial charge < -0.3 is 10.0 Å². The van der Waals surface area contributed by atoms with Crippen LogP contribution in [-0.2, 0) is 6.61 Å². The lowest BCUT2D eigenvalue weighted by molar-refractivity contribution is 0.0599. The minimum atomic E-state index is -0.566. The van der Waals surface area contributed by atoms with Gasteiger partial charge in [0.25, 0.3) is 5.91 Å². The smallest absolute Gasteiger partial charge is 0.254 e. The van der Waals surface area contributed by atoms with Gasteiger partial charge in [0.1, 0.15) is 11.6 Å². The molecule has 1 fully saturated rings. The number of halogens is 1. The third-order valence-corrected chi connectivity index (χ3v) is 4.59. The fraction of sp³-hybridized carbons (Fsp3) is 0.500. The van der Waals surface area contributed by atoms with Gasteiger partial charge >= 0.3 is 0 Å². The van der Waals surface area contributed by atoms with Gasteiger partial charge in [-0.15, -0.1) is 0 Å². The quantitative estimate of drug-likeness (QED) is 0.892. The molecule has 7 heteroatoms. The molecule has 2 N–H and O–H groups in total. The summed E-state index contributed by atoms with van der Waals surface area (Å²) in [7, 11) is 0. The predicted molar refractivity (Wildman–Crippen MR) is 90.4 cm³/mol. The highest BCUT2D eigenvalue weighted by Crippen LogP contribution is 2.31. The number of aliphatic hydroxyl groups excluding tert-OH is 1. The number of likely N-dealkylation sites (tertiary alicyclic amines) is 1. The third kappa shape index (κ3) is 3.56. The minimum Gasteiger partial charge on any atom is -0.392 e. The van der Waals surface area contributed by atoms with E-state index in [1.807, 2.05) is 13.8 Å². The second-order valence-corrected chi connectivity index (χ2v) is 6.71. The van der Waals surface area contributed by atoms with Gasteiger partial charge in [-0.25, -0.2) is 9.37 Å². The van der Waals surface area contributed by atoms with Crippen LogP contribution in [0.15, 0.2) is 18.2 Å². The first-order chi connectivity index (χ1) is 12.0. The summed E-state index contributed by atoms with van der Waals surface area (Å²) in [6.45, 7) is 4.25. The molecule has 1 saturated heterocycles. The van der Waals surface area contributed by atoms with Crippen LogP contribution < -0.4 is 0 Å². The zero-order valence-corrected chi connectivity index (χ0v) is 14.5. The highest BCUT2D eigenvalue weighted by atomic mass is 19.1. The van der Waals surface area contributed by atoms with Gasteiger partial charge in [0, 0.05) is 23.6 Å². The molecule has 1 amide bonds. The second-order valence-electron chi connectivity index (χ2n) is 6.71. The standard InChI is InChI=1S/C18H23FN4O2/c1-11(2)16-20-17(22-21-16)15-5-3-4-8-23(15)18(25)12-6-7-13(10-24)14(19)9-12/h6-7,9,11,15,24H,3-5,8,10H2,1-2H3,(H,20,21,22)/t15-/m0/s1. The van der Waals surface area contributed by atoms with Crippen LogP contribution in [0.1, 0.15) is 72.6 Å². The number of piperidine rings is 1. The van der Waals surface area contributed by atoms with Crippen molar-refractivity contribution in [3.63, 3.8) is 0 Å². The highest BCUT2D eigenvalue weighted by molar-refractivity contribution is 5.94. The molecule has 2 aromatic rings. The van der Waals surface area contributed by atoms with Crippen molar-refractivity contribution in [1.29, 1.82) is 0 Å². The average Bonchev–Trinajstić information content (AvgIpc) is 3.11. The average molecular weight is 346 g/mol. The van der Waals surface area contributed by atoms with E-state index in [1.165, 1.54) is 12.1 Å². The number of hydrogen-bond acceptors (Lipinski definition) is 4. The normalized spacial score (nSPS) is 18.0. The number of nitrogens with zero attached hydrogens (tertiary/aromatic N) is 3. The first-order valence-corrected chi connectivity index (χ1v) is 8.63. The molecule has 1 atom stereocenters. The zero-order valence-electron chi connectivity index (χ0n) is 14.5. The number of benzene rings is 1. The van der Waals surface area contributed by atoms with Gasteiger partial charge in [-0.2, -0.15) is 5.10 Å². The fourth-order valence-corrected chi connectivity index (χ4v) is 3.13. The molecule has 2 heterocycles. The third-order valence-electron chi connectivity index (χ3n) is 4.59. The fourth-order valence-electron chi connectivity index (χ4n) is 3.13. The van der Waals surface area contributed by atoms with Crippen LogP contribution in [0.2, 0.25) is 0 Å². The monoisotopic (exact) mass is 346 g/mol. The largest absolute Gasteiger partial charge is 0.392 e. The van der Waals surface area contributed by atoms with Crippen molar-refractivity contribution in [2.75, 3.05) is 6.54 Å². The molecule has 0 aliphatic carbocycles. The molecular weight excluding hydrogens is 323 g/mol. The van der Waals surface area contributed by atoms with Crippen molar-refractivity contribution >= 4 is 5.91 Å². The molecule has 0 unspecified atom stereocenters. The summed E-state index contributed by atoms with van der Waals surface area (Å²) in [5.74, 6) is 0.827. The lowest BCUT2D eigenvalue weighted by Crippen LogP contribution is -2.39. The molecule has 0 saturated carbocycles. The van der Waals surface area contributed by atoms with Crippen molar-refractivity contribution in [2.24, 2.45) is 0 Å². The Bertz CT molecular complexity index is 759. The van der Waals surface area contributed by atoms with E-state index >= 15 is 0 Å². The molecule has 3 rings (SSSR count). The number of carbonyl (C=O) groups is 1. The van der Waals surface area contributed by atoms with Crippen molar-refractivity contribution in [1.82, 2.24) is 20.1 Å². The predicted octanol–water partition coefficient (Wildman–Crippen LogP) is 2.93. The van der Waals surface area contributed by atoms with E-state index in [1.54, 1.807) is 11.0 Å². The van der Waals surface area contributed by atoms with Crippen molar-refractivity contribution < 1.29 is 14.3 Å². The van der Waals surface area contributed by atoms with E-state index in [2.05, 4.69) is 15.2 Å². The van der Waals surface area contributed by atoms with Gasteiger partial charge in [-0.05, 0) is 31.4 Å². The zero-order chi connectivity index (χ0) is 18.0. The van der Waals surface area contributed by atoms with Gasteiger partial charge in [-0.1, -0.05) is 19.9 Å². The highest BCUT2D eigenvalue weighted by Gasteiger charge is 2.31. The summed E-state index contributed by atoms with van der Waals surface area (Å²) in [5, 5.41) is 16.3. The van der Waals surface area contributed by atoms with Crippen LogP contribution in [0, 0.1) is 5.82 Å². The van der Waals surface area contributed by atoms with E-state index < -0.39 is 5.82 Å². The topological polar surface area (TPSA) is 82.1 Å². The minimum absolute atomic E-state index is 0.179. The lowest BCUT2D eigenvalue weighted by atomic mass is 9.99. The first kappa shape index (κ1) is 17.5. The number of hydrogen-bond donors (Lipinski definition) is 2. The number of carbonyl (C=O) groups excluding carboxylic acids is 1. The summed E-state index contributed by atoms with van der Waals surface area (Å²) in [5.41, 5.74) is 0.466. The molecule has 1 aliphatic heterocycles. The summed E-state index contributed by atoms with van der Waals surface area (Å²) < 4.78 is 13.9. The van der Waals surface area contributed by atoms with Crippen LogP contribution in [0.25, 0.3) is 0 Å². The molecule has 25 heavy (non-hydrogen) atoms. The second kappa shape index (κ2) is 7.31. The maximum atomic E-state index is 13.9. The maximum absolute atomic E-state index is 13.9. The molecule has 1 aliphatic rings. The Morgan fingerprint density at radius 2 is 2.24 bits per heavy atom. The number of nitrogens with one attached hydrogen (secondary N) is 1. The van der Waals surface area contributed by atoms with Gasteiger partial charge in [-0.3, -0.25) is 9.89 Å². The van der Waals surface area contributed by atoms with Gasteiger partial charge in [0.05, 0.1) is 12.6 Å². The van der Waals surface area contributed by atoms with Crippen LogP contribution >= 0.6 is 0 Å².